The largest absolute Gasteiger partial charge is 0.206 e. The Balaban J connectivity index is 2.82. The molecule has 0 saturated heterocycles. The van der Waals surface area contributed by atoms with Gasteiger partial charge in [0.05, 0.1) is 10.4 Å². The van der Waals surface area contributed by atoms with E-state index in [0.717, 1.165) is 0 Å². The van der Waals surface area contributed by atoms with E-state index in [-0.39, 0.29) is 24.3 Å². The SMILES string of the molecule is N#CC(C#N)=c1c(F)c(-c2cc(F)c(F)c(F)c2)c(=C(C#N)C#N)c(F)c1-c1cc(F)c(F)c(F)c1. The average molecular weight is 500 g/mol. The molecular weight excluding hydrogens is 496 g/mol. The van der Waals surface area contributed by atoms with Crippen LogP contribution in [0.5, 0.6) is 0 Å². The van der Waals surface area contributed by atoms with E-state index in [9.17, 15) is 47.4 Å². The first-order valence-electron chi connectivity index (χ1n) is 9.22. The number of nitriles is 4. The third-order valence-corrected chi connectivity index (χ3v) is 4.87. The molecule has 36 heavy (non-hydrogen) atoms. The number of hydrogen-bond acceptors (Lipinski definition) is 4. The Bertz CT molecular complexity index is 1560. The normalized spacial score (nSPS) is 10.1. The lowest BCUT2D eigenvalue weighted by molar-refractivity contribution is 0.447. The van der Waals surface area contributed by atoms with Crippen LogP contribution in [0.4, 0.5) is 35.1 Å². The summed E-state index contributed by atoms with van der Waals surface area (Å²) >= 11 is 0. The zero-order valence-corrected chi connectivity index (χ0v) is 17.1. The van der Waals surface area contributed by atoms with Gasteiger partial charge in [0.2, 0.25) is 0 Å². The third kappa shape index (κ3) is 3.98. The Morgan fingerprint density at radius 2 is 0.694 bits per heavy atom. The van der Waals surface area contributed by atoms with Crippen molar-refractivity contribution in [1.29, 1.82) is 21.0 Å². The number of benzene rings is 3. The summed E-state index contributed by atoms with van der Waals surface area (Å²) in [5, 5.41) is 34.6. The van der Waals surface area contributed by atoms with Crippen LogP contribution in [-0.4, -0.2) is 0 Å². The molecule has 0 aliphatic carbocycles. The molecule has 0 N–H and O–H groups in total. The highest BCUT2D eigenvalue weighted by Gasteiger charge is 2.27. The van der Waals surface area contributed by atoms with Crippen LogP contribution < -0.4 is 10.4 Å². The fourth-order valence-corrected chi connectivity index (χ4v) is 3.37. The molecule has 0 aromatic heterocycles. The van der Waals surface area contributed by atoms with Crippen LogP contribution in [0.3, 0.4) is 0 Å². The van der Waals surface area contributed by atoms with Gasteiger partial charge in [-0.2, -0.15) is 21.0 Å². The maximum atomic E-state index is 15.9. The molecule has 0 aliphatic heterocycles. The van der Waals surface area contributed by atoms with Crippen LogP contribution in [0.15, 0.2) is 24.3 Å². The van der Waals surface area contributed by atoms with Crippen LogP contribution in [0.2, 0.25) is 0 Å². The van der Waals surface area contributed by atoms with E-state index >= 15 is 8.78 Å². The smallest absolute Gasteiger partial charge is 0.194 e. The molecule has 0 fully saturated rings. The second kappa shape index (κ2) is 9.58. The summed E-state index contributed by atoms with van der Waals surface area (Å²) in [6.45, 7) is 0. The minimum atomic E-state index is -2.00. The molecule has 3 rings (SSSR count). The van der Waals surface area contributed by atoms with Crippen molar-refractivity contribution >= 4 is 11.1 Å². The van der Waals surface area contributed by atoms with Gasteiger partial charge in [0.25, 0.3) is 0 Å². The van der Waals surface area contributed by atoms with Crippen LogP contribution in [0.1, 0.15) is 0 Å². The number of nitrogens with zero attached hydrogens (tertiary/aromatic N) is 4. The molecule has 3 aromatic carbocycles. The van der Waals surface area contributed by atoms with Gasteiger partial charge in [0.1, 0.15) is 47.1 Å². The molecule has 0 aliphatic rings. The molecule has 12 heteroatoms. The van der Waals surface area contributed by atoms with Gasteiger partial charge in [-0.15, -0.1) is 0 Å². The molecular formula is C24H4F8N4. The molecule has 0 heterocycles. The fraction of sp³-hybridized carbons (Fsp3) is 0. The quantitative estimate of drug-likeness (QED) is 0.382. The lowest BCUT2D eigenvalue weighted by atomic mass is 9.90. The van der Waals surface area contributed by atoms with E-state index in [1.54, 1.807) is 0 Å². The van der Waals surface area contributed by atoms with Crippen LogP contribution in [-0.2, 0) is 0 Å². The summed E-state index contributed by atoms with van der Waals surface area (Å²) in [6, 6.07) is 5.61. The zero-order chi connectivity index (χ0) is 26.9. The number of halogens is 8. The van der Waals surface area contributed by atoms with Crippen molar-refractivity contribution in [3.63, 3.8) is 0 Å². The molecule has 3 aromatic rings. The summed E-state index contributed by atoms with van der Waals surface area (Å²) in [5.74, 6) is -15.2. The minimum absolute atomic E-state index is 0.186. The standard InChI is InChI=1S/C24H4F8N4/c25-13-1-9(2-14(26)21(13)29)17-19(11(5-33)6-34)24(32)18(20(23(17)31)12(7-35)8-36)10-3-15(27)22(30)16(28)4-10/h1-4H. The Morgan fingerprint density at radius 1 is 0.444 bits per heavy atom. The van der Waals surface area contributed by atoms with Crippen molar-refractivity contribution in [1.82, 2.24) is 0 Å². The van der Waals surface area contributed by atoms with Gasteiger partial charge in [-0.05, 0) is 35.4 Å². The molecule has 176 valence electrons. The first kappa shape index (κ1) is 25.4. The second-order valence-electron chi connectivity index (χ2n) is 6.83. The van der Waals surface area contributed by atoms with E-state index in [2.05, 4.69) is 0 Å². The van der Waals surface area contributed by atoms with Crippen LogP contribution >= 0.6 is 0 Å². The molecule has 0 radical (unpaired) electrons. The van der Waals surface area contributed by atoms with E-state index in [1.807, 2.05) is 0 Å². The Morgan fingerprint density at radius 3 is 0.917 bits per heavy atom. The molecule has 0 atom stereocenters. The highest BCUT2D eigenvalue weighted by Crippen LogP contribution is 2.29. The van der Waals surface area contributed by atoms with Gasteiger partial charge in [0.15, 0.2) is 34.9 Å². The van der Waals surface area contributed by atoms with Crippen molar-refractivity contribution < 1.29 is 35.1 Å². The lowest BCUT2D eigenvalue weighted by Gasteiger charge is -2.14. The first-order chi connectivity index (χ1) is 17.0. The van der Waals surface area contributed by atoms with Crippen molar-refractivity contribution in [3.8, 4) is 46.5 Å². The summed E-state index contributed by atoms with van der Waals surface area (Å²) in [5.41, 5.74) is -6.82. The monoisotopic (exact) mass is 500 g/mol. The molecule has 0 spiro atoms. The molecule has 0 amide bonds. The van der Waals surface area contributed by atoms with Crippen LogP contribution in [0.25, 0.3) is 33.4 Å². The van der Waals surface area contributed by atoms with Crippen molar-refractivity contribution in [3.05, 3.63) is 81.2 Å². The molecule has 0 bridgehead atoms. The van der Waals surface area contributed by atoms with Gasteiger partial charge < -0.3 is 0 Å². The minimum Gasteiger partial charge on any atom is -0.206 e. The number of rotatable bonds is 2. The van der Waals surface area contributed by atoms with E-state index in [4.69, 9.17) is 0 Å². The summed E-state index contributed by atoms with van der Waals surface area (Å²) in [6.07, 6.45) is 0. The summed E-state index contributed by atoms with van der Waals surface area (Å²) in [4.78, 5) is 0. The number of hydrogen-bond donors (Lipinski definition) is 0. The van der Waals surface area contributed by atoms with E-state index in [1.165, 1.54) is 24.3 Å². The van der Waals surface area contributed by atoms with Gasteiger partial charge in [0, 0.05) is 11.1 Å². The second-order valence-corrected chi connectivity index (χ2v) is 6.83. The van der Waals surface area contributed by atoms with Crippen molar-refractivity contribution in [2.24, 2.45) is 0 Å². The predicted octanol–water partition coefficient (Wildman–Crippen LogP) is 4.53. The molecule has 0 unspecified atom stereocenters. The maximum Gasteiger partial charge on any atom is 0.194 e. The summed E-state index contributed by atoms with van der Waals surface area (Å²) < 4.78 is 115. The van der Waals surface area contributed by atoms with Gasteiger partial charge in [-0.3, -0.25) is 0 Å². The van der Waals surface area contributed by atoms with E-state index < -0.39 is 90.4 Å². The highest BCUT2D eigenvalue weighted by molar-refractivity contribution is 5.86. The average Bonchev–Trinajstić information content (AvgIpc) is 2.84. The van der Waals surface area contributed by atoms with Crippen LogP contribution in [0, 0.1) is 91.9 Å². The van der Waals surface area contributed by atoms with Gasteiger partial charge >= 0.3 is 0 Å². The van der Waals surface area contributed by atoms with Crippen molar-refractivity contribution in [2.75, 3.05) is 0 Å². The Labute approximate surface area is 195 Å². The molecule has 4 nitrogen and oxygen atoms in total. The predicted molar refractivity (Wildman–Crippen MR) is 105 cm³/mol. The fourth-order valence-electron chi connectivity index (χ4n) is 3.37. The maximum absolute atomic E-state index is 15.9. The third-order valence-electron chi connectivity index (χ3n) is 4.87. The molecule has 0 saturated carbocycles. The Kier molecular flexibility index (Phi) is 6.76. The summed E-state index contributed by atoms with van der Waals surface area (Å²) in [7, 11) is 0. The zero-order valence-electron chi connectivity index (χ0n) is 17.1. The van der Waals surface area contributed by atoms with Gasteiger partial charge in [-0.1, -0.05) is 0 Å². The van der Waals surface area contributed by atoms with E-state index in [0.29, 0.717) is 0 Å². The lowest BCUT2D eigenvalue weighted by Crippen LogP contribution is -2.29. The first-order valence-corrected chi connectivity index (χ1v) is 9.22. The highest BCUT2D eigenvalue weighted by atomic mass is 19.2. The topological polar surface area (TPSA) is 95.2 Å². The van der Waals surface area contributed by atoms with Gasteiger partial charge in [-0.25, -0.2) is 35.1 Å². The van der Waals surface area contributed by atoms with Crippen molar-refractivity contribution in [2.45, 2.75) is 0 Å². The Hall–Kier alpha value is -5.20.